The van der Waals surface area contributed by atoms with Crippen molar-refractivity contribution in [2.24, 2.45) is 5.41 Å². The van der Waals surface area contributed by atoms with Gasteiger partial charge in [0.15, 0.2) is 0 Å². The monoisotopic (exact) mass is 280 g/mol. The molecule has 1 spiro atoms. The number of benzene rings is 1. The van der Waals surface area contributed by atoms with E-state index in [1.54, 1.807) is 18.2 Å². The molecule has 1 saturated carbocycles. The minimum atomic E-state index is -2.66. The summed E-state index contributed by atoms with van der Waals surface area (Å²) in [5, 5.41) is 4.29. The highest BCUT2D eigenvalue weighted by atomic mass is 19.3. The first-order valence-electron chi connectivity index (χ1n) is 6.34. The Hall–Kier alpha value is -1.98. The van der Waals surface area contributed by atoms with Gasteiger partial charge in [-0.05, 0) is 24.3 Å². The van der Waals surface area contributed by atoms with Gasteiger partial charge in [-0.2, -0.15) is 5.10 Å². The smallest absolute Gasteiger partial charge is 0.259 e. The molecule has 1 fully saturated rings. The van der Waals surface area contributed by atoms with Gasteiger partial charge in [-0.3, -0.25) is 0 Å². The second-order valence-corrected chi connectivity index (χ2v) is 5.48. The van der Waals surface area contributed by atoms with Crippen molar-refractivity contribution in [1.82, 2.24) is 9.78 Å². The fourth-order valence-electron chi connectivity index (χ4n) is 2.64. The highest BCUT2D eigenvalue weighted by Gasteiger charge is 2.73. The van der Waals surface area contributed by atoms with E-state index in [1.165, 1.54) is 16.8 Å². The third-order valence-corrected chi connectivity index (χ3v) is 4.04. The zero-order valence-electron chi connectivity index (χ0n) is 10.4. The molecule has 1 unspecified atom stereocenters. The molecule has 0 N–H and O–H groups in total. The highest BCUT2D eigenvalue weighted by Crippen LogP contribution is 2.62. The Morgan fingerprint density at radius 1 is 1.20 bits per heavy atom. The number of ether oxygens (including phenoxy) is 1. The predicted octanol–water partition coefficient (Wildman–Crippen LogP) is 3.11. The summed E-state index contributed by atoms with van der Waals surface area (Å²) in [5.74, 6) is -2.50. The predicted molar refractivity (Wildman–Crippen MR) is 65.1 cm³/mol. The number of nitrogens with zero attached hydrogens (tertiary/aromatic N) is 2. The Morgan fingerprint density at radius 3 is 2.55 bits per heavy atom. The lowest BCUT2D eigenvalue weighted by Crippen LogP contribution is -2.31. The molecule has 20 heavy (non-hydrogen) atoms. The summed E-state index contributed by atoms with van der Waals surface area (Å²) in [5.41, 5.74) is 0.237. The van der Waals surface area contributed by atoms with E-state index in [9.17, 15) is 13.2 Å². The molecule has 2 aliphatic rings. The number of halogens is 3. The quantitative estimate of drug-likeness (QED) is 0.802. The fourth-order valence-corrected chi connectivity index (χ4v) is 2.64. The lowest BCUT2D eigenvalue weighted by Gasteiger charge is -2.23. The topological polar surface area (TPSA) is 27.1 Å². The van der Waals surface area contributed by atoms with Gasteiger partial charge in [-0.1, -0.05) is 0 Å². The number of rotatable bonds is 1. The highest BCUT2D eigenvalue weighted by molar-refractivity contribution is 5.60. The molecular weight excluding hydrogens is 269 g/mol. The fraction of sp³-hybridized carbons (Fsp3) is 0.357. The molecule has 1 aromatic heterocycles. The lowest BCUT2D eigenvalue weighted by molar-refractivity contribution is 0.0151. The van der Waals surface area contributed by atoms with Gasteiger partial charge < -0.3 is 4.74 Å². The van der Waals surface area contributed by atoms with E-state index in [0.29, 0.717) is 11.6 Å². The summed E-state index contributed by atoms with van der Waals surface area (Å²) in [7, 11) is 0. The van der Waals surface area contributed by atoms with E-state index in [0.717, 1.165) is 5.56 Å². The molecule has 0 saturated heterocycles. The van der Waals surface area contributed by atoms with E-state index < -0.39 is 11.3 Å². The first kappa shape index (κ1) is 11.8. The van der Waals surface area contributed by atoms with Gasteiger partial charge in [0.1, 0.15) is 12.4 Å². The first-order chi connectivity index (χ1) is 9.49. The third-order valence-electron chi connectivity index (χ3n) is 4.04. The van der Waals surface area contributed by atoms with Gasteiger partial charge in [0.25, 0.3) is 5.92 Å². The van der Waals surface area contributed by atoms with Gasteiger partial charge in [0.2, 0.25) is 5.88 Å². The van der Waals surface area contributed by atoms with Crippen LogP contribution in [0.1, 0.15) is 6.42 Å². The lowest BCUT2D eigenvalue weighted by atomic mass is 10.1. The second-order valence-electron chi connectivity index (χ2n) is 5.48. The summed E-state index contributed by atoms with van der Waals surface area (Å²) < 4.78 is 46.5. The minimum Gasteiger partial charge on any atom is -0.477 e. The molecule has 0 amide bonds. The molecule has 2 aromatic rings. The standard InChI is InChI=1S/C14H11F3N2O/c15-10-3-1-9(2-4-10)11-5-12-19(18-11)7-13(8-20-12)6-14(13,16)17/h1-5H,6-8H2. The van der Waals surface area contributed by atoms with Crippen LogP contribution >= 0.6 is 0 Å². The number of aromatic nitrogens is 2. The van der Waals surface area contributed by atoms with Crippen LogP contribution in [-0.2, 0) is 6.54 Å². The maximum Gasteiger partial charge on any atom is 0.259 e. The molecule has 104 valence electrons. The second kappa shape index (κ2) is 3.56. The van der Waals surface area contributed by atoms with Crippen LogP contribution in [0.2, 0.25) is 0 Å². The Morgan fingerprint density at radius 2 is 1.90 bits per heavy atom. The maximum atomic E-state index is 13.4. The summed E-state index contributed by atoms with van der Waals surface area (Å²) in [6, 6.07) is 7.58. The molecule has 1 aromatic carbocycles. The van der Waals surface area contributed by atoms with Gasteiger partial charge in [-0.15, -0.1) is 0 Å². The number of fused-ring (bicyclic) bond motifs is 1. The molecule has 1 aliphatic heterocycles. The van der Waals surface area contributed by atoms with Gasteiger partial charge in [0, 0.05) is 18.1 Å². The van der Waals surface area contributed by atoms with Crippen molar-refractivity contribution in [3.63, 3.8) is 0 Å². The van der Waals surface area contributed by atoms with Crippen molar-refractivity contribution < 1.29 is 17.9 Å². The van der Waals surface area contributed by atoms with Crippen LogP contribution in [-0.4, -0.2) is 22.3 Å². The molecule has 0 radical (unpaired) electrons. The summed E-state index contributed by atoms with van der Waals surface area (Å²) in [4.78, 5) is 0. The van der Waals surface area contributed by atoms with E-state index in [1.807, 2.05) is 0 Å². The first-order valence-corrected chi connectivity index (χ1v) is 6.34. The summed E-state index contributed by atoms with van der Waals surface area (Å²) in [6.07, 6.45) is -0.148. The minimum absolute atomic E-state index is 0.0224. The van der Waals surface area contributed by atoms with Crippen LogP contribution in [0.3, 0.4) is 0 Å². The van der Waals surface area contributed by atoms with Crippen molar-refractivity contribution in [2.45, 2.75) is 18.9 Å². The van der Waals surface area contributed by atoms with Gasteiger partial charge in [0.05, 0.1) is 17.7 Å². The van der Waals surface area contributed by atoms with Crippen molar-refractivity contribution in [3.05, 3.63) is 36.1 Å². The van der Waals surface area contributed by atoms with E-state index in [-0.39, 0.29) is 25.4 Å². The molecule has 0 bridgehead atoms. The summed E-state index contributed by atoms with van der Waals surface area (Å²) in [6.45, 7) is 0.186. The normalized spacial score (nSPS) is 26.1. The SMILES string of the molecule is Fc1ccc(-c2cc3n(n2)CC2(CO3)CC2(F)F)cc1. The molecule has 3 nitrogen and oxygen atoms in total. The van der Waals surface area contributed by atoms with Crippen LogP contribution in [0.4, 0.5) is 13.2 Å². The van der Waals surface area contributed by atoms with Crippen LogP contribution in [0, 0.1) is 11.2 Å². The van der Waals surface area contributed by atoms with E-state index in [4.69, 9.17) is 4.74 Å². The number of hydrogen-bond donors (Lipinski definition) is 0. The Labute approximate surface area is 113 Å². The average Bonchev–Trinajstić information content (AvgIpc) is 2.76. The van der Waals surface area contributed by atoms with Crippen molar-refractivity contribution in [3.8, 4) is 17.1 Å². The van der Waals surface area contributed by atoms with Crippen LogP contribution in [0.25, 0.3) is 11.3 Å². The van der Waals surface area contributed by atoms with Crippen molar-refractivity contribution in [1.29, 1.82) is 0 Å². The maximum absolute atomic E-state index is 13.4. The zero-order valence-corrected chi connectivity index (χ0v) is 10.4. The molecule has 6 heteroatoms. The van der Waals surface area contributed by atoms with Crippen molar-refractivity contribution in [2.75, 3.05) is 6.61 Å². The van der Waals surface area contributed by atoms with Gasteiger partial charge >= 0.3 is 0 Å². The van der Waals surface area contributed by atoms with E-state index in [2.05, 4.69) is 5.10 Å². The van der Waals surface area contributed by atoms with E-state index >= 15 is 0 Å². The Bertz CT molecular complexity index is 680. The van der Waals surface area contributed by atoms with Crippen LogP contribution < -0.4 is 4.74 Å². The van der Waals surface area contributed by atoms with Crippen LogP contribution in [0.15, 0.2) is 30.3 Å². The van der Waals surface area contributed by atoms with Crippen molar-refractivity contribution >= 4 is 0 Å². The third kappa shape index (κ3) is 1.57. The number of alkyl halides is 2. The average molecular weight is 280 g/mol. The molecular formula is C14H11F3N2O. The zero-order chi connectivity index (χ0) is 14.0. The summed E-state index contributed by atoms with van der Waals surface area (Å²) >= 11 is 0. The van der Waals surface area contributed by atoms with Gasteiger partial charge in [-0.25, -0.2) is 17.9 Å². The molecule has 4 rings (SSSR count). The molecule has 1 aliphatic carbocycles. The molecule has 1 atom stereocenters. The Balaban J connectivity index is 1.67. The molecule has 2 heterocycles. The Kier molecular flexibility index (Phi) is 2.10. The van der Waals surface area contributed by atoms with Crippen LogP contribution in [0.5, 0.6) is 5.88 Å². The number of hydrogen-bond acceptors (Lipinski definition) is 2. The largest absolute Gasteiger partial charge is 0.477 e.